The number of alkyl halides is 3. The molecular formula is C17H16F3N3O3. The van der Waals surface area contributed by atoms with Crippen molar-refractivity contribution in [3.63, 3.8) is 0 Å². The molecule has 1 aromatic carbocycles. The number of amides is 1. The SMILES string of the molecule is O=C(c1cccc(OC(F)(F)F)c1)N1CCCC(Oc2ncccn2)C1. The number of likely N-dealkylation sites (tertiary alicyclic amines) is 1. The number of ether oxygens (including phenoxy) is 2. The Kier molecular flexibility index (Phi) is 5.24. The number of hydrogen-bond acceptors (Lipinski definition) is 5. The molecule has 2 aromatic rings. The van der Waals surface area contributed by atoms with Crippen LogP contribution in [-0.2, 0) is 0 Å². The second kappa shape index (κ2) is 7.59. The number of carbonyl (C=O) groups is 1. The van der Waals surface area contributed by atoms with Crippen molar-refractivity contribution < 1.29 is 27.4 Å². The van der Waals surface area contributed by atoms with Crippen molar-refractivity contribution in [3.8, 4) is 11.8 Å². The molecule has 0 aliphatic carbocycles. The maximum absolute atomic E-state index is 12.6. The van der Waals surface area contributed by atoms with Gasteiger partial charge in [0.1, 0.15) is 11.9 Å². The van der Waals surface area contributed by atoms with Gasteiger partial charge in [-0.05, 0) is 37.1 Å². The van der Waals surface area contributed by atoms with Crippen LogP contribution >= 0.6 is 0 Å². The van der Waals surface area contributed by atoms with E-state index < -0.39 is 12.1 Å². The van der Waals surface area contributed by atoms with Crippen molar-refractivity contribution >= 4 is 5.91 Å². The molecule has 9 heteroatoms. The highest BCUT2D eigenvalue weighted by molar-refractivity contribution is 5.94. The predicted molar refractivity (Wildman–Crippen MR) is 84.7 cm³/mol. The minimum atomic E-state index is -4.80. The van der Waals surface area contributed by atoms with E-state index in [-0.39, 0.29) is 23.6 Å². The fourth-order valence-electron chi connectivity index (χ4n) is 2.72. The lowest BCUT2D eigenvalue weighted by atomic mass is 10.1. The monoisotopic (exact) mass is 367 g/mol. The average molecular weight is 367 g/mol. The normalized spacial score (nSPS) is 17.7. The lowest BCUT2D eigenvalue weighted by molar-refractivity contribution is -0.274. The highest BCUT2D eigenvalue weighted by Crippen LogP contribution is 2.24. The van der Waals surface area contributed by atoms with Gasteiger partial charge in [0, 0.05) is 24.5 Å². The molecule has 1 aliphatic rings. The molecule has 1 saturated heterocycles. The topological polar surface area (TPSA) is 64.5 Å². The van der Waals surface area contributed by atoms with Crippen LogP contribution in [0.25, 0.3) is 0 Å². The third kappa shape index (κ3) is 4.84. The van der Waals surface area contributed by atoms with Crippen molar-refractivity contribution in [2.24, 2.45) is 0 Å². The van der Waals surface area contributed by atoms with Gasteiger partial charge in [0.15, 0.2) is 0 Å². The number of hydrogen-bond donors (Lipinski definition) is 0. The predicted octanol–water partition coefficient (Wildman–Crippen LogP) is 3.06. The van der Waals surface area contributed by atoms with E-state index >= 15 is 0 Å². The molecule has 6 nitrogen and oxygen atoms in total. The minimum absolute atomic E-state index is 0.128. The summed E-state index contributed by atoms with van der Waals surface area (Å²) in [7, 11) is 0. The van der Waals surface area contributed by atoms with Crippen LogP contribution < -0.4 is 9.47 Å². The number of rotatable bonds is 4. The van der Waals surface area contributed by atoms with Crippen molar-refractivity contribution in [3.05, 3.63) is 48.3 Å². The van der Waals surface area contributed by atoms with E-state index in [0.717, 1.165) is 18.6 Å². The zero-order valence-electron chi connectivity index (χ0n) is 13.6. The first-order valence-electron chi connectivity index (χ1n) is 7.99. The molecule has 0 spiro atoms. The number of benzene rings is 1. The molecule has 2 heterocycles. The van der Waals surface area contributed by atoms with Crippen LogP contribution in [0.15, 0.2) is 42.7 Å². The van der Waals surface area contributed by atoms with Gasteiger partial charge in [-0.1, -0.05) is 6.07 Å². The van der Waals surface area contributed by atoms with E-state index in [1.54, 1.807) is 23.4 Å². The highest BCUT2D eigenvalue weighted by atomic mass is 19.4. The van der Waals surface area contributed by atoms with Gasteiger partial charge < -0.3 is 14.4 Å². The standard InChI is InChI=1S/C17H16F3N3O3/c18-17(19,20)26-13-5-1-4-12(10-13)15(24)23-9-2-6-14(11-23)25-16-21-7-3-8-22-16/h1,3-5,7-8,10,14H,2,6,9,11H2. The van der Waals surface area contributed by atoms with Crippen LogP contribution in [0.1, 0.15) is 23.2 Å². The number of nitrogens with zero attached hydrogens (tertiary/aromatic N) is 3. The summed E-state index contributed by atoms with van der Waals surface area (Å²) in [4.78, 5) is 22.1. The van der Waals surface area contributed by atoms with Gasteiger partial charge in [-0.25, -0.2) is 9.97 Å². The second-order valence-electron chi connectivity index (χ2n) is 5.74. The maximum Gasteiger partial charge on any atom is 0.573 e. The molecule has 26 heavy (non-hydrogen) atoms. The fraction of sp³-hybridized carbons (Fsp3) is 0.353. The number of halogens is 3. The number of aromatic nitrogens is 2. The van der Waals surface area contributed by atoms with Crippen molar-refractivity contribution in [1.29, 1.82) is 0 Å². The molecule has 0 radical (unpaired) electrons. The van der Waals surface area contributed by atoms with Crippen molar-refractivity contribution in [2.75, 3.05) is 13.1 Å². The van der Waals surface area contributed by atoms with E-state index in [9.17, 15) is 18.0 Å². The van der Waals surface area contributed by atoms with Crippen LogP contribution in [0.4, 0.5) is 13.2 Å². The zero-order chi connectivity index (χ0) is 18.6. The fourth-order valence-corrected chi connectivity index (χ4v) is 2.72. The molecule has 0 N–H and O–H groups in total. The Morgan fingerprint density at radius 2 is 1.96 bits per heavy atom. The quantitative estimate of drug-likeness (QED) is 0.831. The lowest BCUT2D eigenvalue weighted by Crippen LogP contribution is -2.44. The Bertz CT molecular complexity index is 756. The summed E-state index contributed by atoms with van der Waals surface area (Å²) in [5.41, 5.74) is 0.128. The van der Waals surface area contributed by atoms with Gasteiger partial charge >= 0.3 is 12.4 Å². The van der Waals surface area contributed by atoms with Gasteiger partial charge in [-0.2, -0.15) is 0 Å². The first-order valence-corrected chi connectivity index (χ1v) is 7.99. The molecule has 1 atom stereocenters. The van der Waals surface area contributed by atoms with Crippen LogP contribution in [0.3, 0.4) is 0 Å². The maximum atomic E-state index is 12.6. The summed E-state index contributed by atoms with van der Waals surface area (Å²) in [5, 5.41) is 0. The van der Waals surface area contributed by atoms with E-state index in [1.807, 2.05) is 0 Å². The first-order chi connectivity index (χ1) is 12.4. The molecule has 0 saturated carbocycles. The second-order valence-corrected chi connectivity index (χ2v) is 5.74. The van der Waals surface area contributed by atoms with Crippen LogP contribution in [0.2, 0.25) is 0 Å². The summed E-state index contributed by atoms with van der Waals surface area (Å²) < 4.78 is 46.6. The van der Waals surface area contributed by atoms with Crippen LogP contribution in [0, 0.1) is 0 Å². The molecule has 1 fully saturated rings. The molecule has 1 aliphatic heterocycles. The van der Waals surface area contributed by atoms with Gasteiger partial charge in [0.2, 0.25) is 0 Å². The summed E-state index contributed by atoms with van der Waals surface area (Å²) in [6.07, 6.45) is -0.520. The highest BCUT2D eigenvalue weighted by Gasteiger charge is 2.32. The van der Waals surface area contributed by atoms with Crippen LogP contribution in [-0.4, -0.2) is 46.3 Å². The largest absolute Gasteiger partial charge is 0.573 e. The molecule has 138 valence electrons. The Hall–Kier alpha value is -2.84. The molecular weight excluding hydrogens is 351 g/mol. The van der Waals surface area contributed by atoms with E-state index in [1.165, 1.54) is 12.1 Å². The summed E-state index contributed by atoms with van der Waals surface area (Å²) >= 11 is 0. The van der Waals surface area contributed by atoms with Crippen molar-refractivity contribution in [2.45, 2.75) is 25.3 Å². The van der Waals surface area contributed by atoms with Gasteiger partial charge in [-0.3, -0.25) is 4.79 Å². The molecule has 1 unspecified atom stereocenters. The minimum Gasteiger partial charge on any atom is -0.458 e. The van der Waals surface area contributed by atoms with Crippen molar-refractivity contribution in [1.82, 2.24) is 14.9 Å². The smallest absolute Gasteiger partial charge is 0.458 e. The Morgan fingerprint density at radius 1 is 1.19 bits per heavy atom. The van der Waals surface area contributed by atoms with E-state index in [0.29, 0.717) is 19.5 Å². The Morgan fingerprint density at radius 3 is 2.69 bits per heavy atom. The third-order valence-electron chi connectivity index (χ3n) is 3.79. The lowest BCUT2D eigenvalue weighted by Gasteiger charge is -2.32. The van der Waals surface area contributed by atoms with Gasteiger partial charge in [0.05, 0.1) is 6.54 Å². The zero-order valence-corrected chi connectivity index (χ0v) is 13.6. The Balaban J connectivity index is 1.66. The average Bonchev–Trinajstić information content (AvgIpc) is 2.61. The summed E-state index contributed by atoms with van der Waals surface area (Å²) in [6.45, 7) is 0.806. The van der Waals surface area contributed by atoms with Crippen LogP contribution in [0.5, 0.6) is 11.8 Å². The number of carbonyl (C=O) groups excluding carboxylic acids is 1. The van der Waals surface area contributed by atoms with Gasteiger partial charge in [-0.15, -0.1) is 13.2 Å². The molecule has 0 bridgehead atoms. The Labute approximate surface area is 147 Å². The molecule has 1 amide bonds. The van der Waals surface area contributed by atoms with E-state index in [2.05, 4.69) is 14.7 Å². The van der Waals surface area contributed by atoms with Gasteiger partial charge in [0.25, 0.3) is 5.91 Å². The molecule has 1 aromatic heterocycles. The summed E-state index contributed by atoms with van der Waals surface area (Å²) in [5.74, 6) is -0.800. The summed E-state index contributed by atoms with van der Waals surface area (Å²) in [6, 6.07) is 6.94. The van der Waals surface area contributed by atoms with E-state index in [4.69, 9.17) is 4.74 Å². The third-order valence-corrected chi connectivity index (χ3v) is 3.79. The number of piperidine rings is 1. The first kappa shape index (κ1) is 18.0. The molecule has 3 rings (SSSR count).